The third-order valence-corrected chi connectivity index (χ3v) is 5.52. The van der Waals surface area contributed by atoms with Crippen LogP contribution in [0.15, 0.2) is 54.9 Å². The van der Waals surface area contributed by atoms with Gasteiger partial charge < -0.3 is 26.2 Å². The summed E-state index contributed by atoms with van der Waals surface area (Å²) < 4.78 is 0. The molecule has 5 N–H and O–H groups in total. The Morgan fingerprint density at radius 3 is 2.31 bits per heavy atom. The van der Waals surface area contributed by atoms with Crippen molar-refractivity contribution < 1.29 is 4.79 Å². The Labute approximate surface area is 186 Å². The van der Waals surface area contributed by atoms with Gasteiger partial charge in [0.15, 0.2) is 0 Å². The van der Waals surface area contributed by atoms with Crippen LogP contribution >= 0.6 is 0 Å². The maximum absolute atomic E-state index is 10.6. The van der Waals surface area contributed by atoms with Crippen LogP contribution in [0.25, 0.3) is 0 Å². The number of nitrogens with two attached hydrogens (primary N) is 1. The van der Waals surface area contributed by atoms with Crippen LogP contribution in [0, 0.1) is 5.41 Å². The van der Waals surface area contributed by atoms with Crippen LogP contribution in [-0.2, 0) is 4.79 Å². The lowest BCUT2D eigenvalue weighted by Crippen LogP contribution is -2.44. The topological polar surface area (TPSA) is 123 Å². The number of carbonyl (C=O) groups is 1. The van der Waals surface area contributed by atoms with Crippen LogP contribution in [0.2, 0.25) is 0 Å². The van der Waals surface area contributed by atoms with E-state index in [1.165, 1.54) is 6.33 Å². The molecular formula is C23H26N8O. The molecule has 1 amide bonds. The van der Waals surface area contributed by atoms with Crippen LogP contribution < -0.4 is 21.3 Å². The summed E-state index contributed by atoms with van der Waals surface area (Å²) in [6, 6.07) is 15.1. The Bertz CT molecular complexity index is 1090. The molecule has 1 aliphatic rings. The number of rotatable bonds is 7. The summed E-state index contributed by atoms with van der Waals surface area (Å²) in [5.41, 5.74) is 10.1. The van der Waals surface area contributed by atoms with Gasteiger partial charge in [-0.2, -0.15) is 0 Å². The summed E-state index contributed by atoms with van der Waals surface area (Å²) in [4.78, 5) is 23.6. The monoisotopic (exact) mass is 430 g/mol. The highest BCUT2D eigenvalue weighted by molar-refractivity contribution is 6.16. The first kappa shape index (κ1) is 21.3. The number of hydrogen-bond acceptors (Lipinski definition) is 8. The minimum Gasteiger partial charge on any atom is -0.383 e. The smallest absolute Gasteiger partial charge is 0.211 e. The average Bonchev–Trinajstić information content (AvgIpc) is 2.81. The number of aromatic nitrogens is 2. The second-order valence-electron chi connectivity index (χ2n) is 7.66. The molecule has 0 radical (unpaired) electrons. The van der Waals surface area contributed by atoms with Gasteiger partial charge in [-0.25, -0.2) is 9.97 Å². The Morgan fingerprint density at radius 2 is 1.66 bits per heavy atom. The number of nitrogen functional groups attached to an aromatic ring is 1. The van der Waals surface area contributed by atoms with Gasteiger partial charge in [-0.1, -0.05) is 12.1 Å². The predicted molar refractivity (Wildman–Crippen MR) is 128 cm³/mol. The van der Waals surface area contributed by atoms with Gasteiger partial charge in [0.1, 0.15) is 18.0 Å². The molecule has 0 saturated carbocycles. The summed E-state index contributed by atoms with van der Waals surface area (Å²) in [6.07, 6.45) is 2.00. The van der Waals surface area contributed by atoms with E-state index in [1.54, 1.807) is 12.1 Å². The van der Waals surface area contributed by atoms with Crippen molar-refractivity contribution in [2.24, 2.45) is 0 Å². The summed E-state index contributed by atoms with van der Waals surface area (Å²) in [5, 5.41) is 14.6. The number of hydrogen-bond donors (Lipinski definition) is 4. The van der Waals surface area contributed by atoms with Crippen molar-refractivity contribution in [3.05, 3.63) is 66.0 Å². The summed E-state index contributed by atoms with van der Waals surface area (Å²) in [6.45, 7) is 4.05. The molecule has 4 rings (SSSR count). The summed E-state index contributed by atoms with van der Waals surface area (Å²) >= 11 is 0. The molecule has 0 aliphatic carbocycles. The maximum atomic E-state index is 10.6. The molecule has 0 unspecified atom stereocenters. The molecule has 1 aliphatic heterocycles. The van der Waals surface area contributed by atoms with E-state index >= 15 is 0 Å². The first-order chi connectivity index (χ1) is 15.5. The Balaban J connectivity index is 1.55. The fourth-order valence-corrected chi connectivity index (χ4v) is 3.64. The minimum absolute atomic E-state index is 0.231. The number of piperazine rings is 1. The number of nitrogens with zero attached hydrogens (tertiary/aromatic N) is 4. The van der Waals surface area contributed by atoms with Gasteiger partial charge in [0, 0.05) is 48.8 Å². The normalized spacial score (nSPS) is 14.1. The Kier molecular flexibility index (Phi) is 6.27. The second-order valence-corrected chi connectivity index (χ2v) is 7.66. The zero-order valence-electron chi connectivity index (χ0n) is 17.9. The third kappa shape index (κ3) is 4.68. The first-order valence-electron chi connectivity index (χ1n) is 10.4. The number of amides is 1. The standard InChI is InChI=1S/C23H26N8O/c1-30-10-12-31(13-11-30)19-8-2-16(3-9-19)21(24)20-22(25)26-14-27-23(20)29-18-6-4-17(5-7-18)28-15-32/h2-9,14-15,24H,10-13H2,1H3,(H,28,32)(H3,25,26,27,29). The van der Waals surface area contributed by atoms with Crippen LogP contribution in [0.5, 0.6) is 0 Å². The van der Waals surface area contributed by atoms with Gasteiger partial charge in [0.2, 0.25) is 6.41 Å². The number of anilines is 5. The Hall–Kier alpha value is -3.98. The molecule has 3 aromatic rings. The molecule has 9 heteroatoms. The highest BCUT2D eigenvalue weighted by Gasteiger charge is 2.18. The lowest BCUT2D eigenvalue weighted by molar-refractivity contribution is -0.105. The fourth-order valence-electron chi connectivity index (χ4n) is 3.64. The van der Waals surface area contributed by atoms with Crippen LogP contribution in [0.3, 0.4) is 0 Å². The summed E-state index contributed by atoms with van der Waals surface area (Å²) in [7, 11) is 2.14. The molecule has 164 valence electrons. The van der Waals surface area contributed by atoms with E-state index in [0.717, 1.165) is 43.1 Å². The van der Waals surface area contributed by atoms with Gasteiger partial charge in [-0.15, -0.1) is 0 Å². The van der Waals surface area contributed by atoms with E-state index in [2.05, 4.69) is 37.4 Å². The number of benzene rings is 2. The number of nitrogens with one attached hydrogen (secondary N) is 3. The fraction of sp³-hybridized carbons (Fsp3) is 0.217. The van der Waals surface area contributed by atoms with Crippen molar-refractivity contribution in [2.75, 3.05) is 54.5 Å². The van der Waals surface area contributed by atoms with Gasteiger partial charge in [0.25, 0.3) is 0 Å². The van der Waals surface area contributed by atoms with E-state index in [1.807, 2.05) is 36.4 Å². The van der Waals surface area contributed by atoms with Crippen molar-refractivity contribution in [1.82, 2.24) is 14.9 Å². The van der Waals surface area contributed by atoms with Crippen LogP contribution in [-0.4, -0.2) is 60.2 Å². The van der Waals surface area contributed by atoms with E-state index in [-0.39, 0.29) is 11.5 Å². The molecule has 2 aromatic carbocycles. The molecule has 9 nitrogen and oxygen atoms in total. The SMILES string of the molecule is CN1CCN(c2ccc(C(=N)c3c(N)ncnc3Nc3ccc(NC=O)cc3)cc2)CC1. The number of carbonyl (C=O) groups excluding carboxylic acids is 1. The van der Waals surface area contributed by atoms with Crippen molar-refractivity contribution in [3.8, 4) is 0 Å². The second kappa shape index (κ2) is 9.44. The average molecular weight is 431 g/mol. The molecule has 1 aromatic heterocycles. The van der Waals surface area contributed by atoms with Crippen molar-refractivity contribution >= 4 is 40.8 Å². The molecule has 2 heterocycles. The lowest BCUT2D eigenvalue weighted by Gasteiger charge is -2.34. The zero-order chi connectivity index (χ0) is 22.5. The Morgan fingerprint density at radius 1 is 1.00 bits per heavy atom. The van der Waals surface area contributed by atoms with E-state index < -0.39 is 0 Å². The summed E-state index contributed by atoms with van der Waals surface area (Å²) in [5.74, 6) is 0.677. The molecule has 0 spiro atoms. The predicted octanol–water partition coefficient (Wildman–Crippen LogP) is 2.54. The quantitative estimate of drug-likeness (QED) is 0.335. The van der Waals surface area contributed by atoms with Crippen LogP contribution in [0.1, 0.15) is 11.1 Å². The van der Waals surface area contributed by atoms with Crippen molar-refractivity contribution in [1.29, 1.82) is 5.41 Å². The molecular weight excluding hydrogens is 404 g/mol. The molecule has 1 fully saturated rings. The maximum Gasteiger partial charge on any atom is 0.211 e. The highest BCUT2D eigenvalue weighted by atomic mass is 16.1. The van der Waals surface area contributed by atoms with Gasteiger partial charge >= 0.3 is 0 Å². The van der Waals surface area contributed by atoms with Crippen molar-refractivity contribution in [2.45, 2.75) is 0 Å². The number of likely N-dealkylation sites (N-methyl/N-ethyl adjacent to an activating group) is 1. The lowest BCUT2D eigenvalue weighted by atomic mass is 10.0. The first-order valence-corrected chi connectivity index (χ1v) is 10.4. The van der Waals surface area contributed by atoms with Gasteiger partial charge in [-0.05, 0) is 43.4 Å². The molecule has 0 atom stereocenters. The van der Waals surface area contributed by atoms with Crippen molar-refractivity contribution in [3.63, 3.8) is 0 Å². The van der Waals surface area contributed by atoms with Crippen LogP contribution in [0.4, 0.5) is 28.7 Å². The minimum atomic E-state index is 0.231. The van der Waals surface area contributed by atoms with E-state index in [0.29, 0.717) is 23.5 Å². The molecule has 0 bridgehead atoms. The zero-order valence-corrected chi connectivity index (χ0v) is 17.9. The highest BCUT2D eigenvalue weighted by Crippen LogP contribution is 2.26. The largest absolute Gasteiger partial charge is 0.383 e. The molecule has 1 saturated heterocycles. The molecule has 32 heavy (non-hydrogen) atoms. The van der Waals surface area contributed by atoms with E-state index in [4.69, 9.17) is 11.1 Å². The third-order valence-electron chi connectivity index (χ3n) is 5.52. The van der Waals surface area contributed by atoms with Gasteiger partial charge in [0.05, 0.1) is 11.3 Å². The van der Waals surface area contributed by atoms with E-state index in [9.17, 15) is 4.79 Å². The van der Waals surface area contributed by atoms with Gasteiger partial charge in [-0.3, -0.25) is 10.2 Å².